The molecule has 5 heteroatoms. The lowest BCUT2D eigenvalue weighted by Gasteiger charge is -2.36. The molecule has 1 aromatic rings. The molecule has 1 fully saturated rings. The van der Waals surface area contributed by atoms with Crippen LogP contribution in [0.15, 0.2) is 24.3 Å². The fraction of sp³-hybridized carbons (Fsp3) is 0.467. The first-order valence-electron chi connectivity index (χ1n) is 6.84. The molecule has 0 aromatic heterocycles. The third kappa shape index (κ3) is 3.36. The van der Waals surface area contributed by atoms with Crippen molar-refractivity contribution >= 4 is 17.6 Å². The van der Waals surface area contributed by atoms with Crippen molar-refractivity contribution in [3.8, 4) is 0 Å². The van der Waals surface area contributed by atoms with Gasteiger partial charge in [0.05, 0.1) is 5.92 Å². The standard InChI is InChI=1S/C15H20N2O3/c1-9(16-14-7-6-13(14)15(19)20)11-4-3-5-12(8-11)17-10(2)18/h3-5,8-9,13-14,16H,6-7H2,1-2H3,(H,17,18)(H,19,20). The average Bonchev–Trinajstić information content (AvgIpc) is 2.33. The Morgan fingerprint density at radius 2 is 2.10 bits per heavy atom. The van der Waals surface area contributed by atoms with Crippen molar-refractivity contribution in [3.63, 3.8) is 0 Å². The van der Waals surface area contributed by atoms with Gasteiger partial charge in [-0.1, -0.05) is 12.1 Å². The molecule has 1 saturated carbocycles. The number of nitrogens with one attached hydrogen (secondary N) is 2. The normalized spacial score (nSPS) is 22.7. The Hall–Kier alpha value is -1.88. The first kappa shape index (κ1) is 14.5. The summed E-state index contributed by atoms with van der Waals surface area (Å²) in [5.74, 6) is -1.11. The van der Waals surface area contributed by atoms with Crippen LogP contribution in [0.25, 0.3) is 0 Å². The number of hydrogen-bond donors (Lipinski definition) is 3. The Balaban J connectivity index is 2.00. The highest BCUT2D eigenvalue weighted by molar-refractivity contribution is 5.88. The summed E-state index contributed by atoms with van der Waals surface area (Å²) in [5.41, 5.74) is 1.79. The van der Waals surface area contributed by atoms with E-state index >= 15 is 0 Å². The van der Waals surface area contributed by atoms with Crippen LogP contribution in [0.4, 0.5) is 5.69 Å². The molecule has 108 valence electrons. The van der Waals surface area contributed by atoms with Crippen molar-refractivity contribution < 1.29 is 14.7 Å². The Kier molecular flexibility index (Phi) is 4.39. The fourth-order valence-electron chi connectivity index (χ4n) is 2.50. The second-order valence-corrected chi connectivity index (χ2v) is 5.32. The number of hydrogen-bond acceptors (Lipinski definition) is 3. The lowest BCUT2D eigenvalue weighted by atomic mass is 9.79. The van der Waals surface area contributed by atoms with E-state index < -0.39 is 5.97 Å². The second-order valence-electron chi connectivity index (χ2n) is 5.32. The Bertz CT molecular complexity index is 516. The van der Waals surface area contributed by atoms with Crippen LogP contribution in [0.3, 0.4) is 0 Å². The first-order valence-corrected chi connectivity index (χ1v) is 6.84. The third-order valence-corrected chi connectivity index (χ3v) is 3.76. The summed E-state index contributed by atoms with van der Waals surface area (Å²) in [7, 11) is 0. The number of aliphatic carboxylic acids is 1. The van der Waals surface area contributed by atoms with Gasteiger partial charge in [0.15, 0.2) is 0 Å². The van der Waals surface area contributed by atoms with E-state index in [0.29, 0.717) is 0 Å². The minimum Gasteiger partial charge on any atom is -0.481 e. The fourth-order valence-corrected chi connectivity index (χ4v) is 2.50. The van der Waals surface area contributed by atoms with Crippen LogP contribution in [0.1, 0.15) is 38.3 Å². The van der Waals surface area contributed by atoms with Crippen molar-refractivity contribution in [3.05, 3.63) is 29.8 Å². The zero-order chi connectivity index (χ0) is 14.7. The summed E-state index contributed by atoms with van der Waals surface area (Å²) in [6.45, 7) is 3.48. The Morgan fingerprint density at radius 1 is 1.35 bits per heavy atom. The minimum absolute atomic E-state index is 0.0342. The summed E-state index contributed by atoms with van der Waals surface area (Å²) >= 11 is 0. The monoisotopic (exact) mass is 276 g/mol. The maximum atomic E-state index is 11.1. The largest absolute Gasteiger partial charge is 0.481 e. The number of carbonyl (C=O) groups is 2. The lowest BCUT2D eigenvalue weighted by Crippen LogP contribution is -2.48. The molecule has 0 saturated heterocycles. The van der Waals surface area contributed by atoms with Gasteiger partial charge < -0.3 is 15.7 Å². The van der Waals surface area contributed by atoms with Crippen LogP contribution in [0.2, 0.25) is 0 Å². The summed E-state index contributed by atoms with van der Waals surface area (Å²) in [6.07, 6.45) is 1.64. The average molecular weight is 276 g/mol. The molecule has 2 rings (SSSR count). The van der Waals surface area contributed by atoms with Gasteiger partial charge in [-0.15, -0.1) is 0 Å². The lowest BCUT2D eigenvalue weighted by molar-refractivity contribution is -0.146. The molecule has 1 aliphatic carbocycles. The van der Waals surface area contributed by atoms with Gasteiger partial charge in [-0.25, -0.2) is 0 Å². The molecule has 3 unspecified atom stereocenters. The maximum absolute atomic E-state index is 11.1. The zero-order valence-corrected chi connectivity index (χ0v) is 11.7. The van der Waals surface area contributed by atoms with Gasteiger partial charge in [0, 0.05) is 24.7 Å². The number of amides is 1. The van der Waals surface area contributed by atoms with E-state index in [9.17, 15) is 9.59 Å². The zero-order valence-electron chi connectivity index (χ0n) is 11.7. The molecule has 5 nitrogen and oxygen atoms in total. The molecule has 1 aliphatic rings. The van der Waals surface area contributed by atoms with Crippen LogP contribution >= 0.6 is 0 Å². The Morgan fingerprint density at radius 3 is 2.65 bits per heavy atom. The van der Waals surface area contributed by atoms with Gasteiger partial charge in [0.25, 0.3) is 0 Å². The predicted molar refractivity (Wildman–Crippen MR) is 76.4 cm³/mol. The SMILES string of the molecule is CC(=O)Nc1cccc(C(C)NC2CCC2C(=O)O)c1. The smallest absolute Gasteiger partial charge is 0.308 e. The van der Waals surface area contributed by atoms with E-state index in [0.717, 1.165) is 24.1 Å². The van der Waals surface area contributed by atoms with Gasteiger partial charge in [-0.05, 0) is 37.5 Å². The van der Waals surface area contributed by atoms with Gasteiger partial charge in [0.2, 0.25) is 5.91 Å². The number of carboxylic acid groups (broad SMARTS) is 1. The molecule has 3 atom stereocenters. The van der Waals surface area contributed by atoms with E-state index in [1.807, 2.05) is 31.2 Å². The molecule has 0 spiro atoms. The van der Waals surface area contributed by atoms with Crippen LogP contribution in [-0.4, -0.2) is 23.0 Å². The number of carboxylic acids is 1. The summed E-state index contributed by atoms with van der Waals surface area (Å²) in [4.78, 5) is 22.1. The maximum Gasteiger partial charge on any atom is 0.308 e. The van der Waals surface area contributed by atoms with Crippen molar-refractivity contribution in [2.75, 3.05) is 5.32 Å². The van der Waals surface area contributed by atoms with Crippen LogP contribution < -0.4 is 10.6 Å². The van der Waals surface area contributed by atoms with Crippen molar-refractivity contribution in [2.45, 2.75) is 38.8 Å². The predicted octanol–water partition coefficient (Wildman–Crippen LogP) is 2.16. The molecular weight excluding hydrogens is 256 g/mol. The van der Waals surface area contributed by atoms with Gasteiger partial charge in [-0.2, -0.15) is 0 Å². The number of anilines is 1. The first-order chi connectivity index (χ1) is 9.47. The van der Waals surface area contributed by atoms with E-state index in [1.165, 1.54) is 6.92 Å². The molecule has 1 aromatic carbocycles. The van der Waals surface area contributed by atoms with E-state index in [2.05, 4.69) is 10.6 Å². The highest BCUT2D eigenvalue weighted by Crippen LogP contribution is 2.30. The highest BCUT2D eigenvalue weighted by Gasteiger charge is 2.37. The van der Waals surface area contributed by atoms with E-state index in [1.54, 1.807) is 0 Å². The molecule has 20 heavy (non-hydrogen) atoms. The molecule has 3 N–H and O–H groups in total. The molecule has 1 amide bonds. The summed E-state index contributed by atoms with van der Waals surface area (Å²) in [6, 6.07) is 7.68. The van der Waals surface area contributed by atoms with Crippen molar-refractivity contribution in [1.82, 2.24) is 5.32 Å². The summed E-state index contributed by atoms with van der Waals surface area (Å²) in [5, 5.41) is 15.1. The van der Waals surface area contributed by atoms with Crippen LogP contribution in [0, 0.1) is 5.92 Å². The van der Waals surface area contributed by atoms with E-state index in [4.69, 9.17) is 5.11 Å². The van der Waals surface area contributed by atoms with E-state index in [-0.39, 0.29) is 23.9 Å². The second kappa shape index (κ2) is 6.05. The van der Waals surface area contributed by atoms with Crippen molar-refractivity contribution in [2.24, 2.45) is 5.92 Å². The number of carbonyl (C=O) groups excluding carboxylic acids is 1. The summed E-state index contributed by atoms with van der Waals surface area (Å²) < 4.78 is 0. The van der Waals surface area contributed by atoms with Crippen LogP contribution in [0.5, 0.6) is 0 Å². The number of rotatable bonds is 5. The quantitative estimate of drug-likeness (QED) is 0.770. The molecule has 0 heterocycles. The third-order valence-electron chi connectivity index (χ3n) is 3.76. The Labute approximate surface area is 118 Å². The highest BCUT2D eigenvalue weighted by atomic mass is 16.4. The minimum atomic E-state index is -0.729. The molecule has 0 aliphatic heterocycles. The van der Waals surface area contributed by atoms with Crippen LogP contribution in [-0.2, 0) is 9.59 Å². The molecule has 0 radical (unpaired) electrons. The number of benzene rings is 1. The topological polar surface area (TPSA) is 78.4 Å². The van der Waals surface area contributed by atoms with Crippen molar-refractivity contribution in [1.29, 1.82) is 0 Å². The van der Waals surface area contributed by atoms with Gasteiger partial charge >= 0.3 is 5.97 Å². The van der Waals surface area contributed by atoms with Gasteiger partial charge in [0.1, 0.15) is 0 Å². The molecular formula is C15H20N2O3. The van der Waals surface area contributed by atoms with Gasteiger partial charge in [-0.3, -0.25) is 9.59 Å². The molecule has 0 bridgehead atoms.